The van der Waals surface area contributed by atoms with Crippen molar-refractivity contribution in [3.63, 3.8) is 0 Å². The van der Waals surface area contributed by atoms with Crippen LogP contribution in [0.2, 0.25) is 0 Å². The first-order valence-corrected chi connectivity index (χ1v) is 4.93. The van der Waals surface area contributed by atoms with E-state index in [0.29, 0.717) is 0 Å². The molecule has 0 atom stereocenters. The van der Waals surface area contributed by atoms with E-state index in [9.17, 15) is 13.6 Å². The molecule has 0 heterocycles. The van der Waals surface area contributed by atoms with Crippen LogP contribution in [-0.4, -0.2) is 12.6 Å². The summed E-state index contributed by atoms with van der Waals surface area (Å²) in [6, 6.07) is 4.30. The van der Waals surface area contributed by atoms with Gasteiger partial charge in [-0.2, -0.15) is 5.26 Å². The summed E-state index contributed by atoms with van der Waals surface area (Å²) in [4.78, 5) is 11.4. The predicted molar refractivity (Wildman–Crippen MR) is 61.1 cm³/mol. The zero-order valence-corrected chi connectivity index (χ0v) is 9.32. The molecule has 1 aromatic rings. The molecular weight excluding hydrogens is 240 g/mol. The molecule has 0 aromatic heterocycles. The maximum Gasteiger partial charge on any atom is 0.349 e. The minimum Gasteiger partial charge on any atom is -0.457 e. The van der Waals surface area contributed by atoms with Crippen LogP contribution in [0.5, 0.6) is 0 Å². The number of ether oxygens (including phenoxy) is 1. The largest absolute Gasteiger partial charge is 0.457 e. The van der Waals surface area contributed by atoms with Crippen molar-refractivity contribution in [2.45, 2.75) is 0 Å². The van der Waals surface area contributed by atoms with Gasteiger partial charge in [0, 0.05) is 5.56 Å². The third kappa shape index (κ3) is 3.52. The fraction of sp³-hybridized carbons (Fsp3) is 0.0769. The van der Waals surface area contributed by atoms with E-state index in [1.54, 1.807) is 6.07 Å². The zero-order chi connectivity index (χ0) is 13.5. The van der Waals surface area contributed by atoms with Crippen LogP contribution in [0.3, 0.4) is 0 Å². The van der Waals surface area contributed by atoms with Crippen LogP contribution in [0.25, 0.3) is 6.08 Å². The first kappa shape index (κ1) is 13.6. The Morgan fingerprint density at radius 2 is 2.22 bits per heavy atom. The molecule has 0 saturated heterocycles. The molecule has 0 fully saturated rings. The summed E-state index contributed by atoms with van der Waals surface area (Å²) in [5.74, 6) is -2.32. The minimum absolute atomic E-state index is 0.0660. The van der Waals surface area contributed by atoms with Crippen molar-refractivity contribution in [3.05, 3.63) is 53.6 Å². The Labute approximate surface area is 103 Å². The molecule has 0 aliphatic heterocycles. The number of rotatable bonds is 4. The van der Waals surface area contributed by atoms with E-state index < -0.39 is 23.2 Å². The molecule has 3 nitrogen and oxygen atoms in total. The first-order chi connectivity index (χ1) is 8.58. The second kappa shape index (κ2) is 6.30. The van der Waals surface area contributed by atoms with Crippen LogP contribution in [0, 0.1) is 23.0 Å². The lowest BCUT2D eigenvalue weighted by molar-refractivity contribution is -0.137. The molecule has 0 aliphatic carbocycles. The molecule has 5 heteroatoms. The van der Waals surface area contributed by atoms with Crippen LogP contribution < -0.4 is 0 Å². The monoisotopic (exact) mass is 249 g/mol. The number of nitrogens with zero attached hydrogens (tertiary/aromatic N) is 1. The molecule has 1 rings (SSSR count). The van der Waals surface area contributed by atoms with Crippen molar-refractivity contribution in [2.75, 3.05) is 6.61 Å². The number of carbonyl (C=O) groups excluding carboxylic acids is 1. The lowest BCUT2D eigenvalue weighted by Gasteiger charge is -2.01. The van der Waals surface area contributed by atoms with Gasteiger partial charge in [0.1, 0.15) is 29.9 Å². The molecule has 0 saturated carbocycles. The van der Waals surface area contributed by atoms with Gasteiger partial charge in [-0.15, -0.1) is 0 Å². The van der Waals surface area contributed by atoms with Gasteiger partial charge in [-0.05, 0) is 24.3 Å². The van der Waals surface area contributed by atoms with Crippen molar-refractivity contribution in [2.24, 2.45) is 0 Å². The fourth-order valence-corrected chi connectivity index (χ4v) is 1.13. The van der Waals surface area contributed by atoms with Gasteiger partial charge >= 0.3 is 5.97 Å². The number of halogens is 2. The molecule has 0 N–H and O–H groups in total. The molecule has 0 bridgehead atoms. The molecule has 0 spiro atoms. The Morgan fingerprint density at radius 3 is 2.83 bits per heavy atom. The molecule has 1 aromatic carbocycles. The lowest BCUT2D eigenvalue weighted by atomic mass is 10.1. The van der Waals surface area contributed by atoms with E-state index in [2.05, 4.69) is 11.3 Å². The fourth-order valence-electron chi connectivity index (χ4n) is 1.13. The van der Waals surface area contributed by atoms with E-state index in [1.165, 1.54) is 6.08 Å². The molecule has 0 unspecified atom stereocenters. The average Bonchev–Trinajstić information content (AvgIpc) is 2.36. The van der Waals surface area contributed by atoms with E-state index >= 15 is 0 Å². The summed E-state index contributed by atoms with van der Waals surface area (Å²) >= 11 is 0. The quantitative estimate of drug-likeness (QED) is 0.356. The Balaban J connectivity index is 3.04. The van der Waals surface area contributed by atoms with Gasteiger partial charge in [0.05, 0.1) is 0 Å². The predicted octanol–water partition coefficient (Wildman–Crippen LogP) is 2.60. The highest BCUT2D eigenvalue weighted by Gasteiger charge is 2.11. The van der Waals surface area contributed by atoms with Gasteiger partial charge in [0.15, 0.2) is 0 Å². The smallest absolute Gasteiger partial charge is 0.349 e. The molecule has 92 valence electrons. The number of nitriles is 1. The summed E-state index contributed by atoms with van der Waals surface area (Å²) in [6.07, 6.45) is 2.26. The van der Waals surface area contributed by atoms with E-state index in [0.717, 1.165) is 24.3 Å². The summed E-state index contributed by atoms with van der Waals surface area (Å²) in [6.45, 7) is 3.27. The normalized spacial score (nSPS) is 10.6. The third-order valence-electron chi connectivity index (χ3n) is 1.93. The van der Waals surface area contributed by atoms with Crippen LogP contribution in [0.1, 0.15) is 5.56 Å². The average molecular weight is 249 g/mol. The number of carbonyl (C=O) groups is 1. The first-order valence-electron chi connectivity index (χ1n) is 4.93. The second-order valence-corrected chi connectivity index (χ2v) is 3.22. The highest BCUT2D eigenvalue weighted by Crippen LogP contribution is 2.14. The van der Waals surface area contributed by atoms with Gasteiger partial charge in [-0.3, -0.25) is 0 Å². The number of hydrogen-bond donors (Lipinski definition) is 0. The minimum atomic E-state index is -0.916. The van der Waals surface area contributed by atoms with Crippen molar-refractivity contribution >= 4 is 12.0 Å². The Hall–Kier alpha value is -2.48. The Bertz CT molecular complexity index is 544. The van der Waals surface area contributed by atoms with Crippen molar-refractivity contribution in [1.82, 2.24) is 0 Å². The van der Waals surface area contributed by atoms with Gasteiger partial charge in [-0.1, -0.05) is 12.7 Å². The van der Waals surface area contributed by atoms with Crippen LogP contribution in [0.4, 0.5) is 8.78 Å². The summed E-state index contributed by atoms with van der Waals surface area (Å²) in [5.41, 5.74) is -0.608. The summed E-state index contributed by atoms with van der Waals surface area (Å²) in [5, 5.41) is 8.76. The zero-order valence-electron chi connectivity index (χ0n) is 9.32. The topological polar surface area (TPSA) is 50.1 Å². The molecular formula is C13H9F2NO2. The molecule has 0 aliphatic rings. The van der Waals surface area contributed by atoms with Crippen molar-refractivity contribution in [3.8, 4) is 6.07 Å². The van der Waals surface area contributed by atoms with E-state index in [-0.39, 0.29) is 12.2 Å². The summed E-state index contributed by atoms with van der Waals surface area (Å²) < 4.78 is 30.8. The summed E-state index contributed by atoms with van der Waals surface area (Å²) in [7, 11) is 0. The lowest BCUT2D eigenvalue weighted by Crippen LogP contribution is -2.06. The maximum atomic E-state index is 13.3. The van der Waals surface area contributed by atoms with Crippen LogP contribution >= 0.6 is 0 Å². The van der Waals surface area contributed by atoms with Gasteiger partial charge in [0.25, 0.3) is 0 Å². The SMILES string of the molecule is C=CCOC(=O)C(C#N)=Cc1cc(F)ccc1F. The highest BCUT2D eigenvalue weighted by molar-refractivity contribution is 5.97. The van der Waals surface area contributed by atoms with Gasteiger partial charge < -0.3 is 4.74 Å². The standard InChI is InChI=1S/C13H9F2NO2/c1-2-5-18-13(17)10(8-16)6-9-7-11(14)3-4-12(9)15/h2-4,6-7H,1,5H2. The van der Waals surface area contributed by atoms with Crippen molar-refractivity contribution in [1.29, 1.82) is 5.26 Å². The van der Waals surface area contributed by atoms with E-state index in [4.69, 9.17) is 5.26 Å². The number of benzene rings is 1. The van der Waals surface area contributed by atoms with Crippen molar-refractivity contribution < 1.29 is 18.3 Å². The third-order valence-corrected chi connectivity index (χ3v) is 1.93. The van der Waals surface area contributed by atoms with Crippen LogP contribution in [0.15, 0.2) is 36.4 Å². The molecule has 0 amide bonds. The Kier molecular flexibility index (Phi) is 4.76. The second-order valence-electron chi connectivity index (χ2n) is 3.22. The number of esters is 1. The highest BCUT2D eigenvalue weighted by atomic mass is 19.1. The van der Waals surface area contributed by atoms with E-state index in [1.807, 2.05) is 0 Å². The maximum absolute atomic E-state index is 13.3. The van der Waals surface area contributed by atoms with Gasteiger partial charge in [0.2, 0.25) is 0 Å². The Morgan fingerprint density at radius 1 is 1.50 bits per heavy atom. The number of hydrogen-bond acceptors (Lipinski definition) is 3. The molecule has 18 heavy (non-hydrogen) atoms. The van der Waals surface area contributed by atoms with Gasteiger partial charge in [-0.25, -0.2) is 13.6 Å². The van der Waals surface area contributed by atoms with Crippen LogP contribution in [-0.2, 0) is 9.53 Å². The molecule has 0 radical (unpaired) electrons.